The Morgan fingerprint density at radius 3 is 2.31 bits per heavy atom. The monoisotopic (exact) mass is 416 g/mol. The van der Waals surface area contributed by atoms with E-state index in [4.69, 9.17) is 0 Å². The summed E-state index contributed by atoms with van der Waals surface area (Å²) in [5.74, 6) is -2.85. The first-order valence-corrected chi connectivity index (χ1v) is 7.67. The van der Waals surface area contributed by atoms with Crippen molar-refractivity contribution < 1.29 is 41.3 Å². The number of rotatable bonds is 5. The number of carboxylic acids is 1. The fourth-order valence-corrected chi connectivity index (χ4v) is 2.56. The Kier molecular flexibility index (Phi) is 5.10. The number of hydrogen-bond acceptors (Lipinski definition) is 5. The number of aromatic carboxylic acids is 1. The van der Waals surface area contributed by atoms with Gasteiger partial charge < -0.3 is 14.6 Å². The van der Waals surface area contributed by atoms with Gasteiger partial charge in [0.1, 0.15) is 11.5 Å². The molecule has 1 N–H and O–H groups in total. The van der Waals surface area contributed by atoms with Crippen LogP contribution in [0, 0.1) is 0 Å². The lowest BCUT2D eigenvalue weighted by atomic mass is 10.1. The molecule has 1 heterocycles. The van der Waals surface area contributed by atoms with Crippen LogP contribution in [0.3, 0.4) is 0 Å². The number of benzene rings is 2. The maximum Gasteiger partial charge on any atom is 0.573 e. The van der Waals surface area contributed by atoms with E-state index in [9.17, 15) is 36.6 Å². The molecule has 0 amide bonds. The number of carboxylic acid groups (broad SMARTS) is 1. The van der Waals surface area contributed by atoms with Crippen molar-refractivity contribution in [1.82, 2.24) is 9.78 Å². The summed E-state index contributed by atoms with van der Waals surface area (Å²) >= 11 is 0. The highest BCUT2D eigenvalue weighted by atomic mass is 19.4. The predicted octanol–water partition coefficient (Wildman–Crippen LogP) is 3.58. The molecule has 0 saturated heterocycles. The minimum Gasteiger partial charge on any atom is -0.476 e. The first-order valence-electron chi connectivity index (χ1n) is 7.67. The van der Waals surface area contributed by atoms with E-state index >= 15 is 0 Å². The second-order valence-corrected chi connectivity index (χ2v) is 5.47. The second kappa shape index (κ2) is 7.37. The molecule has 0 atom stereocenters. The maximum absolute atomic E-state index is 12.7. The highest BCUT2D eigenvalue weighted by molar-refractivity contribution is 5.93. The van der Waals surface area contributed by atoms with Crippen molar-refractivity contribution in [3.63, 3.8) is 0 Å². The Balaban J connectivity index is 2.23. The van der Waals surface area contributed by atoms with E-state index in [1.54, 1.807) is 0 Å². The van der Waals surface area contributed by atoms with Crippen molar-refractivity contribution in [2.75, 3.05) is 0 Å². The van der Waals surface area contributed by atoms with Crippen LogP contribution in [0.1, 0.15) is 10.5 Å². The zero-order valence-corrected chi connectivity index (χ0v) is 14.0. The first-order chi connectivity index (χ1) is 13.6. The minimum absolute atomic E-state index is 0.0428. The number of fused-ring (bicyclic) bond motifs is 1. The van der Waals surface area contributed by atoms with Crippen molar-refractivity contribution in [2.24, 2.45) is 0 Å². The Labute approximate surface area is 157 Å². The molecule has 152 valence electrons. The third kappa shape index (κ3) is 4.25. The molecule has 0 aliphatic carbocycles. The summed E-state index contributed by atoms with van der Waals surface area (Å²) in [7, 11) is 0. The zero-order chi connectivity index (χ0) is 21.3. The van der Waals surface area contributed by atoms with Gasteiger partial charge in [0.25, 0.3) is 0 Å². The van der Waals surface area contributed by atoms with Gasteiger partial charge in [0.05, 0.1) is 16.6 Å². The van der Waals surface area contributed by atoms with Crippen LogP contribution in [0.25, 0.3) is 16.6 Å². The fourth-order valence-electron chi connectivity index (χ4n) is 2.56. The van der Waals surface area contributed by atoms with Crippen LogP contribution in [-0.2, 0) is 0 Å². The standard InChI is InChI=1S/C17H9F5N2O5/c18-16(19)28-11-3-1-2-10-12(11)14(25)13(15(26)27)23-24(10)8-4-6-9(7-5-8)29-17(20,21)22/h1-7,16H,(H,26,27). The van der Waals surface area contributed by atoms with Crippen LogP contribution < -0.4 is 14.9 Å². The van der Waals surface area contributed by atoms with Crippen LogP contribution in [-0.4, -0.2) is 33.8 Å². The minimum atomic E-state index is -4.91. The molecule has 1 aromatic heterocycles. The van der Waals surface area contributed by atoms with Gasteiger partial charge in [-0.05, 0) is 36.4 Å². The lowest BCUT2D eigenvalue weighted by Crippen LogP contribution is -2.23. The van der Waals surface area contributed by atoms with Crippen molar-refractivity contribution in [3.05, 3.63) is 58.4 Å². The van der Waals surface area contributed by atoms with E-state index in [0.717, 1.165) is 35.0 Å². The van der Waals surface area contributed by atoms with Gasteiger partial charge in [-0.15, -0.1) is 13.2 Å². The van der Waals surface area contributed by atoms with Gasteiger partial charge in [-0.1, -0.05) is 6.07 Å². The van der Waals surface area contributed by atoms with Crippen molar-refractivity contribution in [1.29, 1.82) is 0 Å². The molecule has 0 unspecified atom stereocenters. The summed E-state index contributed by atoms with van der Waals surface area (Å²) in [6.45, 7) is -3.28. The Morgan fingerprint density at radius 2 is 1.76 bits per heavy atom. The third-order valence-electron chi connectivity index (χ3n) is 3.61. The van der Waals surface area contributed by atoms with Gasteiger partial charge in [-0.3, -0.25) is 4.79 Å². The van der Waals surface area contributed by atoms with E-state index < -0.39 is 47.0 Å². The number of ether oxygens (including phenoxy) is 2. The smallest absolute Gasteiger partial charge is 0.476 e. The highest BCUT2D eigenvalue weighted by Gasteiger charge is 2.31. The number of halogens is 5. The predicted molar refractivity (Wildman–Crippen MR) is 87.6 cm³/mol. The molecule has 2 aromatic carbocycles. The SMILES string of the molecule is O=C(O)c1nn(-c2ccc(OC(F)(F)F)cc2)c2cccc(OC(F)F)c2c1=O. The van der Waals surface area contributed by atoms with Crippen LogP contribution in [0.4, 0.5) is 22.0 Å². The summed E-state index contributed by atoms with van der Waals surface area (Å²) in [6, 6.07) is 7.70. The van der Waals surface area contributed by atoms with Crippen LogP contribution in [0.5, 0.6) is 11.5 Å². The number of hydrogen-bond donors (Lipinski definition) is 1. The molecule has 0 aliphatic rings. The lowest BCUT2D eigenvalue weighted by molar-refractivity contribution is -0.274. The fraction of sp³-hybridized carbons (Fsp3) is 0.118. The number of nitrogens with zero attached hydrogens (tertiary/aromatic N) is 2. The van der Waals surface area contributed by atoms with Crippen molar-refractivity contribution in [3.8, 4) is 17.2 Å². The van der Waals surface area contributed by atoms with Gasteiger partial charge >= 0.3 is 18.9 Å². The number of aromatic nitrogens is 2. The molecule has 0 radical (unpaired) electrons. The largest absolute Gasteiger partial charge is 0.573 e. The molecule has 12 heteroatoms. The molecule has 0 fully saturated rings. The summed E-state index contributed by atoms with van der Waals surface area (Å²) in [6.07, 6.45) is -4.91. The molecule has 7 nitrogen and oxygen atoms in total. The van der Waals surface area contributed by atoms with Crippen molar-refractivity contribution >= 4 is 16.9 Å². The molecule has 0 saturated carbocycles. The summed E-state index contributed by atoms with van der Waals surface area (Å²) in [5.41, 5.74) is -2.20. The zero-order valence-electron chi connectivity index (χ0n) is 14.0. The average molecular weight is 416 g/mol. The molecular formula is C17H9F5N2O5. The Bertz CT molecular complexity index is 1130. The van der Waals surface area contributed by atoms with Crippen LogP contribution in [0.15, 0.2) is 47.3 Å². The molecular weight excluding hydrogens is 407 g/mol. The highest BCUT2D eigenvalue weighted by Crippen LogP contribution is 2.28. The number of carbonyl (C=O) groups is 1. The van der Waals surface area contributed by atoms with E-state index in [1.165, 1.54) is 12.1 Å². The normalized spacial score (nSPS) is 11.7. The van der Waals surface area contributed by atoms with E-state index in [1.807, 2.05) is 0 Å². The van der Waals surface area contributed by atoms with E-state index in [2.05, 4.69) is 14.6 Å². The third-order valence-corrected chi connectivity index (χ3v) is 3.61. The van der Waals surface area contributed by atoms with Gasteiger partial charge in [0, 0.05) is 0 Å². The Morgan fingerprint density at radius 1 is 1.10 bits per heavy atom. The Hall–Kier alpha value is -3.70. The second-order valence-electron chi connectivity index (χ2n) is 5.47. The number of alkyl halides is 5. The first kappa shape index (κ1) is 20.0. The van der Waals surface area contributed by atoms with Gasteiger partial charge in [0.15, 0.2) is 0 Å². The van der Waals surface area contributed by atoms with E-state index in [-0.39, 0.29) is 11.2 Å². The van der Waals surface area contributed by atoms with Gasteiger partial charge in [-0.25, -0.2) is 9.48 Å². The van der Waals surface area contributed by atoms with Crippen LogP contribution >= 0.6 is 0 Å². The average Bonchev–Trinajstić information content (AvgIpc) is 2.61. The molecule has 0 aliphatic heterocycles. The lowest BCUT2D eigenvalue weighted by Gasteiger charge is -2.14. The van der Waals surface area contributed by atoms with Crippen LogP contribution in [0.2, 0.25) is 0 Å². The molecule has 0 bridgehead atoms. The van der Waals surface area contributed by atoms with E-state index in [0.29, 0.717) is 0 Å². The quantitative estimate of drug-likeness (QED) is 0.640. The summed E-state index contributed by atoms with van der Waals surface area (Å²) < 4.78 is 71.2. The van der Waals surface area contributed by atoms with Gasteiger partial charge in [-0.2, -0.15) is 13.9 Å². The molecule has 3 aromatic rings. The topological polar surface area (TPSA) is 90.7 Å². The summed E-state index contributed by atoms with van der Waals surface area (Å²) in [4.78, 5) is 23.8. The van der Waals surface area contributed by atoms with Gasteiger partial charge in [0.2, 0.25) is 11.1 Å². The molecule has 29 heavy (non-hydrogen) atoms. The summed E-state index contributed by atoms with van der Waals surface area (Å²) in [5, 5.41) is 12.4. The maximum atomic E-state index is 12.7. The van der Waals surface area contributed by atoms with Crippen molar-refractivity contribution in [2.45, 2.75) is 13.0 Å². The molecule has 3 rings (SSSR count). The molecule has 0 spiro atoms.